The Hall–Kier alpha value is -2.99. The Morgan fingerprint density at radius 3 is 2.33 bits per heavy atom. The number of amides is 1. The van der Waals surface area contributed by atoms with Gasteiger partial charge in [0.2, 0.25) is 5.91 Å². The number of carbonyl (C=O) groups is 2. The molecule has 0 radical (unpaired) electrons. The molecule has 1 aliphatic rings. The van der Waals surface area contributed by atoms with Gasteiger partial charge in [0.25, 0.3) is 0 Å². The van der Waals surface area contributed by atoms with Crippen molar-refractivity contribution < 1.29 is 9.59 Å². The highest BCUT2D eigenvalue weighted by molar-refractivity contribution is 5.94. The van der Waals surface area contributed by atoms with Crippen molar-refractivity contribution in [1.82, 2.24) is 10.6 Å². The number of nitrogens with one attached hydrogen (secondary N) is 3. The summed E-state index contributed by atoms with van der Waals surface area (Å²) in [7, 11) is 0. The number of hydrogen-bond acceptors (Lipinski definition) is 4. The maximum absolute atomic E-state index is 13.2. The fourth-order valence-corrected chi connectivity index (χ4v) is 4.37. The highest BCUT2D eigenvalue weighted by Gasteiger charge is 2.26. The van der Waals surface area contributed by atoms with E-state index >= 15 is 0 Å². The minimum atomic E-state index is -0.390. The summed E-state index contributed by atoms with van der Waals surface area (Å²) < 4.78 is 0. The number of hydrogen-bond donors (Lipinski definition) is 4. The van der Waals surface area contributed by atoms with Crippen LogP contribution in [0.4, 0.5) is 0 Å². The fourth-order valence-electron chi connectivity index (χ4n) is 4.37. The van der Waals surface area contributed by atoms with Gasteiger partial charge in [-0.3, -0.25) is 15.0 Å². The lowest BCUT2D eigenvalue weighted by molar-refractivity contribution is -0.130. The monoisotopic (exact) mass is 448 g/mol. The lowest BCUT2D eigenvalue weighted by Crippen LogP contribution is -2.44. The van der Waals surface area contributed by atoms with Crippen LogP contribution in [0.3, 0.4) is 0 Å². The summed E-state index contributed by atoms with van der Waals surface area (Å²) >= 11 is 0. The number of rotatable bonds is 12. The molecule has 6 nitrogen and oxygen atoms in total. The highest BCUT2D eigenvalue weighted by atomic mass is 16.2. The fraction of sp³-hybridized carbons (Fsp3) is 0.444. The number of nitrogen functional groups attached to an aromatic ring is 1. The molecule has 0 aliphatic heterocycles. The average molecular weight is 449 g/mol. The first-order valence-corrected chi connectivity index (χ1v) is 12.0. The Kier molecular flexibility index (Phi) is 9.19. The molecule has 2 aromatic rings. The number of aryl methyl sites for hydroxylation is 1. The highest BCUT2D eigenvalue weighted by Crippen LogP contribution is 2.20. The lowest BCUT2D eigenvalue weighted by atomic mass is 9.94. The molecule has 2 aromatic carbocycles. The topological polar surface area (TPSA) is 108 Å². The average Bonchev–Trinajstić information content (AvgIpc) is 3.34. The normalized spacial score (nSPS) is 15.7. The first-order valence-electron chi connectivity index (χ1n) is 12.0. The third-order valence-electron chi connectivity index (χ3n) is 6.43. The molecule has 33 heavy (non-hydrogen) atoms. The molecular formula is C27H36N4O2. The summed E-state index contributed by atoms with van der Waals surface area (Å²) in [6, 6.07) is 17.6. The Bertz CT molecular complexity index is 921. The molecule has 0 unspecified atom stereocenters. The van der Waals surface area contributed by atoms with Crippen LogP contribution in [-0.2, 0) is 22.6 Å². The van der Waals surface area contributed by atoms with Crippen molar-refractivity contribution in [3.8, 4) is 0 Å². The maximum Gasteiger partial charge on any atom is 0.223 e. The van der Waals surface area contributed by atoms with E-state index in [0.29, 0.717) is 18.2 Å². The first kappa shape index (κ1) is 24.6. The minimum Gasteiger partial charge on any atom is -0.384 e. The number of ketones is 1. The molecule has 0 bridgehead atoms. The van der Waals surface area contributed by atoms with Crippen LogP contribution in [0.15, 0.2) is 54.6 Å². The minimum absolute atomic E-state index is 0.0192. The molecule has 1 amide bonds. The zero-order valence-electron chi connectivity index (χ0n) is 19.5. The smallest absolute Gasteiger partial charge is 0.223 e. The van der Waals surface area contributed by atoms with Crippen LogP contribution >= 0.6 is 0 Å². The Morgan fingerprint density at radius 2 is 1.70 bits per heavy atom. The molecule has 6 heteroatoms. The number of benzene rings is 2. The second-order valence-corrected chi connectivity index (χ2v) is 9.12. The van der Waals surface area contributed by atoms with Gasteiger partial charge in [0.15, 0.2) is 5.78 Å². The first-order chi connectivity index (χ1) is 15.9. The van der Waals surface area contributed by atoms with E-state index in [1.165, 1.54) is 18.4 Å². The molecule has 0 aromatic heterocycles. The van der Waals surface area contributed by atoms with Gasteiger partial charge < -0.3 is 16.4 Å². The summed E-state index contributed by atoms with van der Waals surface area (Å²) in [6.07, 6.45) is 6.48. The lowest BCUT2D eigenvalue weighted by Gasteiger charge is -2.23. The number of carbonyl (C=O) groups excluding carboxylic acids is 2. The summed E-state index contributed by atoms with van der Waals surface area (Å²) in [5.74, 6) is -0.377. The van der Waals surface area contributed by atoms with Crippen molar-refractivity contribution in [2.45, 2.75) is 70.5 Å². The van der Waals surface area contributed by atoms with E-state index in [0.717, 1.165) is 31.2 Å². The summed E-state index contributed by atoms with van der Waals surface area (Å²) in [5.41, 5.74) is 8.29. The van der Waals surface area contributed by atoms with E-state index in [9.17, 15) is 9.59 Å². The van der Waals surface area contributed by atoms with E-state index in [4.69, 9.17) is 11.1 Å². The third kappa shape index (κ3) is 7.82. The second kappa shape index (κ2) is 12.3. The summed E-state index contributed by atoms with van der Waals surface area (Å²) in [5, 5.41) is 14.0. The van der Waals surface area contributed by atoms with Gasteiger partial charge in [-0.15, -0.1) is 0 Å². The molecule has 0 saturated heterocycles. The Labute approximate surface area is 196 Å². The quantitative estimate of drug-likeness (QED) is 0.293. The molecule has 176 valence electrons. The van der Waals surface area contributed by atoms with E-state index < -0.39 is 5.92 Å². The molecular weight excluding hydrogens is 412 g/mol. The predicted octanol–water partition coefficient (Wildman–Crippen LogP) is 3.72. The van der Waals surface area contributed by atoms with Crippen molar-refractivity contribution in [2.75, 3.05) is 0 Å². The molecule has 5 N–H and O–H groups in total. The van der Waals surface area contributed by atoms with Gasteiger partial charge in [0.1, 0.15) is 5.84 Å². The van der Waals surface area contributed by atoms with Crippen LogP contribution in [0.2, 0.25) is 0 Å². The standard InChI is InChI=1S/C27H36N4O2/c1-19(27(33)30-18-21-11-14-22(15-12-21)26(28)29)17-25(32)24(31-23-9-5-6-10-23)16-13-20-7-3-2-4-8-20/h2-4,7-8,11-12,14-15,19,23-24,31H,5-6,9-10,13,16-18H2,1H3,(H3,28,29)(H,30,33)/t19-,24-/m1/s1. The van der Waals surface area contributed by atoms with Crippen LogP contribution < -0.4 is 16.4 Å². The van der Waals surface area contributed by atoms with Gasteiger partial charge >= 0.3 is 0 Å². The molecule has 1 saturated carbocycles. The van der Waals surface area contributed by atoms with Crippen LogP contribution in [0.25, 0.3) is 0 Å². The number of amidine groups is 1. The third-order valence-corrected chi connectivity index (χ3v) is 6.43. The number of nitrogens with two attached hydrogens (primary N) is 1. The molecule has 0 spiro atoms. The van der Waals surface area contributed by atoms with Gasteiger partial charge in [0.05, 0.1) is 6.04 Å². The predicted molar refractivity (Wildman–Crippen MR) is 132 cm³/mol. The van der Waals surface area contributed by atoms with Crippen LogP contribution in [-0.4, -0.2) is 29.6 Å². The van der Waals surface area contributed by atoms with Crippen molar-refractivity contribution in [3.63, 3.8) is 0 Å². The van der Waals surface area contributed by atoms with E-state index in [1.54, 1.807) is 12.1 Å². The Balaban J connectivity index is 1.52. The molecule has 1 fully saturated rings. The molecule has 2 atom stereocenters. The van der Waals surface area contributed by atoms with Crippen LogP contribution in [0.1, 0.15) is 62.1 Å². The molecule has 0 heterocycles. The second-order valence-electron chi connectivity index (χ2n) is 9.12. The van der Waals surface area contributed by atoms with Gasteiger partial charge in [-0.2, -0.15) is 0 Å². The molecule has 3 rings (SSSR count). The number of Topliss-reactive ketones (excluding diaryl/α,β-unsaturated/α-hetero) is 1. The zero-order valence-corrected chi connectivity index (χ0v) is 19.5. The van der Waals surface area contributed by atoms with Crippen LogP contribution in [0, 0.1) is 11.3 Å². The Morgan fingerprint density at radius 1 is 1.03 bits per heavy atom. The SMILES string of the molecule is C[C@H](CC(=O)[C@@H](CCc1ccccc1)NC1CCCC1)C(=O)NCc1ccc(C(=N)N)cc1. The van der Waals surface area contributed by atoms with Gasteiger partial charge in [-0.1, -0.05) is 74.4 Å². The van der Waals surface area contributed by atoms with E-state index in [1.807, 2.05) is 37.3 Å². The zero-order chi connectivity index (χ0) is 23.6. The van der Waals surface area contributed by atoms with Crippen molar-refractivity contribution in [3.05, 3.63) is 71.3 Å². The van der Waals surface area contributed by atoms with Crippen molar-refractivity contribution in [1.29, 1.82) is 5.41 Å². The van der Waals surface area contributed by atoms with E-state index in [2.05, 4.69) is 22.8 Å². The largest absolute Gasteiger partial charge is 0.384 e. The van der Waals surface area contributed by atoms with Gasteiger partial charge in [0, 0.05) is 30.5 Å². The van der Waals surface area contributed by atoms with Crippen molar-refractivity contribution in [2.24, 2.45) is 11.7 Å². The van der Waals surface area contributed by atoms with Crippen LogP contribution in [0.5, 0.6) is 0 Å². The van der Waals surface area contributed by atoms with E-state index in [-0.39, 0.29) is 30.0 Å². The summed E-state index contributed by atoms with van der Waals surface area (Å²) in [6.45, 7) is 2.20. The summed E-state index contributed by atoms with van der Waals surface area (Å²) in [4.78, 5) is 25.8. The van der Waals surface area contributed by atoms with Gasteiger partial charge in [-0.25, -0.2) is 0 Å². The van der Waals surface area contributed by atoms with Crippen molar-refractivity contribution >= 4 is 17.5 Å². The maximum atomic E-state index is 13.2. The van der Waals surface area contributed by atoms with Gasteiger partial charge in [-0.05, 0) is 36.8 Å². The molecule has 1 aliphatic carbocycles.